The maximum atomic E-state index is 5.49. The van der Waals surface area contributed by atoms with Crippen LogP contribution in [0.25, 0.3) is 0 Å². The molecule has 0 aliphatic carbocycles. The molecule has 3 nitrogen and oxygen atoms in total. The summed E-state index contributed by atoms with van der Waals surface area (Å²) in [5, 5.41) is 3.53. The molecule has 0 aromatic carbocycles. The van der Waals surface area contributed by atoms with Crippen LogP contribution < -0.4 is 5.32 Å². The van der Waals surface area contributed by atoms with E-state index in [2.05, 4.69) is 17.1 Å². The van der Waals surface area contributed by atoms with Crippen LogP contribution in [0.4, 0.5) is 0 Å². The molecule has 0 bridgehead atoms. The summed E-state index contributed by atoms with van der Waals surface area (Å²) in [4.78, 5) is 2.60. The smallest absolute Gasteiger partial charge is 0.0698 e. The lowest BCUT2D eigenvalue weighted by Crippen LogP contribution is -2.49. The predicted molar refractivity (Wildman–Crippen MR) is 66.7 cm³/mol. The molecule has 2 heterocycles. The van der Waals surface area contributed by atoms with Crippen molar-refractivity contribution in [3.8, 4) is 0 Å². The van der Waals surface area contributed by atoms with E-state index in [4.69, 9.17) is 4.74 Å². The zero-order chi connectivity index (χ0) is 11.4. The Bertz CT molecular complexity index is 214. The third-order valence-corrected chi connectivity index (χ3v) is 4.09. The van der Waals surface area contributed by atoms with Gasteiger partial charge in [0.05, 0.1) is 6.10 Å². The van der Waals surface area contributed by atoms with Gasteiger partial charge < -0.3 is 15.0 Å². The van der Waals surface area contributed by atoms with E-state index in [1.54, 1.807) is 0 Å². The molecular weight excluding hydrogens is 200 g/mol. The summed E-state index contributed by atoms with van der Waals surface area (Å²) in [5.74, 6) is 0. The number of likely N-dealkylation sites (tertiary alicyclic amines) is 1. The van der Waals surface area contributed by atoms with Crippen LogP contribution in [0.3, 0.4) is 0 Å². The van der Waals surface area contributed by atoms with Crippen molar-refractivity contribution in [2.24, 2.45) is 5.41 Å². The van der Waals surface area contributed by atoms with E-state index < -0.39 is 0 Å². The van der Waals surface area contributed by atoms with E-state index in [1.165, 1.54) is 51.9 Å². The van der Waals surface area contributed by atoms with Crippen molar-refractivity contribution < 1.29 is 4.74 Å². The Morgan fingerprint density at radius 3 is 3.00 bits per heavy atom. The molecule has 0 amide bonds. The molecule has 0 saturated carbocycles. The molecular formula is C13H26N2O. The van der Waals surface area contributed by atoms with Crippen LogP contribution in [0.15, 0.2) is 0 Å². The third-order valence-electron chi connectivity index (χ3n) is 4.09. The van der Waals surface area contributed by atoms with Crippen molar-refractivity contribution in [2.45, 2.75) is 38.7 Å². The quantitative estimate of drug-likeness (QED) is 0.789. The first-order valence-corrected chi connectivity index (χ1v) is 6.68. The summed E-state index contributed by atoms with van der Waals surface area (Å²) >= 11 is 0. The van der Waals surface area contributed by atoms with Crippen molar-refractivity contribution in [2.75, 3.05) is 39.8 Å². The zero-order valence-electron chi connectivity index (χ0n) is 10.8. The van der Waals surface area contributed by atoms with Crippen LogP contribution >= 0.6 is 0 Å². The molecule has 0 radical (unpaired) electrons. The van der Waals surface area contributed by atoms with Crippen molar-refractivity contribution in [1.29, 1.82) is 0 Å². The summed E-state index contributed by atoms with van der Waals surface area (Å²) in [6.07, 6.45) is 5.70. The van der Waals surface area contributed by atoms with Gasteiger partial charge in [0.25, 0.3) is 0 Å². The first-order chi connectivity index (χ1) is 7.72. The van der Waals surface area contributed by atoms with Crippen molar-refractivity contribution in [3.63, 3.8) is 0 Å². The molecule has 2 rings (SSSR count). The van der Waals surface area contributed by atoms with Crippen molar-refractivity contribution in [1.82, 2.24) is 10.2 Å². The fourth-order valence-corrected chi connectivity index (χ4v) is 3.14. The molecule has 94 valence electrons. The van der Waals surface area contributed by atoms with Gasteiger partial charge in [0, 0.05) is 26.7 Å². The average molecular weight is 226 g/mol. The number of nitrogens with one attached hydrogen (secondary N) is 1. The highest BCUT2D eigenvalue weighted by Crippen LogP contribution is 2.28. The molecule has 2 fully saturated rings. The molecule has 2 atom stereocenters. The van der Waals surface area contributed by atoms with E-state index in [0.717, 1.165) is 6.54 Å². The number of methoxy groups -OCH3 is 1. The second-order valence-electron chi connectivity index (χ2n) is 5.83. The standard InChI is InChI=1S/C13H26N2O/c1-13(6-4-7-14-10-13)11-15-8-3-5-12(9-15)16-2/h12,14H,3-11H2,1-2H3. The minimum Gasteiger partial charge on any atom is -0.380 e. The molecule has 2 unspecified atom stereocenters. The van der Waals surface area contributed by atoms with Gasteiger partial charge >= 0.3 is 0 Å². The Labute approximate surface area is 99.5 Å². The Balaban J connectivity index is 1.83. The highest BCUT2D eigenvalue weighted by molar-refractivity contribution is 4.86. The van der Waals surface area contributed by atoms with Gasteiger partial charge in [0.1, 0.15) is 0 Å². The molecule has 0 aromatic rings. The summed E-state index contributed by atoms with van der Waals surface area (Å²) < 4.78 is 5.49. The van der Waals surface area contributed by atoms with Gasteiger partial charge in [-0.2, -0.15) is 0 Å². The molecule has 0 spiro atoms. The van der Waals surface area contributed by atoms with E-state index >= 15 is 0 Å². The predicted octanol–water partition coefficient (Wildman–Crippen LogP) is 1.49. The normalized spacial score (nSPS) is 37.5. The lowest BCUT2D eigenvalue weighted by Gasteiger charge is -2.41. The number of hydrogen-bond donors (Lipinski definition) is 1. The minimum atomic E-state index is 0.467. The molecule has 2 aliphatic heterocycles. The van der Waals surface area contributed by atoms with Gasteiger partial charge in [-0.3, -0.25) is 0 Å². The van der Waals surface area contributed by atoms with Gasteiger partial charge in [0.2, 0.25) is 0 Å². The van der Waals surface area contributed by atoms with Gasteiger partial charge in [-0.15, -0.1) is 0 Å². The fraction of sp³-hybridized carbons (Fsp3) is 1.00. The topological polar surface area (TPSA) is 24.5 Å². The molecule has 3 heteroatoms. The van der Waals surface area contributed by atoms with E-state index in [-0.39, 0.29) is 0 Å². The average Bonchev–Trinajstić information content (AvgIpc) is 2.29. The number of ether oxygens (including phenoxy) is 1. The Hall–Kier alpha value is -0.120. The van der Waals surface area contributed by atoms with Crippen LogP contribution in [0.1, 0.15) is 32.6 Å². The summed E-state index contributed by atoms with van der Waals surface area (Å²) in [7, 11) is 1.85. The van der Waals surface area contributed by atoms with Gasteiger partial charge in [0.15, 0.2) is 0 Å². The van der Waals surface area contributed by atoms with Gasteiger partial charge in [-0.05, 0) is 44.2 Å². The Morgan fingerprint density at radius 2 is 2.31 bits per heavy atom. The first kappa shape index (κ1) is 12.3. The number of hydrogen-bond acceptors (Lipinski definition) is 3. The van der Waals surface area contributed by atoms with Crippen LogP contribution in [-0.2, 0) is 4.74 Å². The fourth-order valence-electron chi connectivity index (χ4n) is 3.14. The highest BCUT2D eigenvalue weighted by Gasteiger charge is 2.31. The van der Waals surface area contributed by atoms with Gasteiger partial charge in [-0.25, -0.2) is 0 Å². The second-order valence-corrected chi connectivity index (χ2v) is 5.83. The summed E-state index contributed by atoms with van der Waals surface area (Å²) in [6.45, 7) is 8.44. The Kier molecular flexibility index (Phi) is 4.22. The maximum absolute atomic E-state index is 5.49. The van der Waals surface area contributed by atoms with Crippen molar-refractivity contribution in [3.05, 3.63) is 0 Å². The summed E-state index contributed by atoms with van der Waals surface area (Å²) in [5.41, 5.74) is 0.480. The molecule has 0 aromatic heterocycles. The lowest BCUT2D eigenvalue weighted by atomic mass is 9.82. The van der Waals surface area contributed by atoms with Crippen LogP contribution in [0, 0.1) is 5.41 Å². The molecule has 16 heavy (non-hydrogen) atoms. The Morgan fingerprint density at radius 1 is 1.44 bits per heavy atom. The third kappa shape index (κ3) is 3.19. The van der Waals surface area contributed by atoms with Crippen molar-refractivity contribution >= 4 is 0 Å². The van der Waals surface area contributed by atoms with Crippen LogP contribution in [0.2, 0.25) is 0 Å². The highest BCUT2D eigenvalue weighted by atomic mass is 16.5. The molecule has 2 saturated heterocycles. The van der Waals surface area contributed by atoms with Crippen LogP contribution in [0.5, 0.6) is 0 Å². The van der Waals surface area contributed by atoms with E-state index in [1.807, 2.05) is 7.11 Å². The second kappa shape index (κ2) is 5.48. The number of rotatable bonds is 3. The first-order valence-electron chi connectivity index (χ1n) is 6.68. The zero-order valence-corrected chi connectivity index (χ0v) is 10.8. The summed E-state index contributed by atoms with van der Waals surface area (Å²) in [6, 6.07) is 0. The number of piperidine rings is 2. The largest absolute Gasteiger partial charge is 0.380 e. The van der Waals surface area contributed by atoms with Crippen LogP contribution in [-0.4, -0.2) is 50.8 Å². The maximum Gasteiger partial charge on any atom is 0.0698 e. The molecule has 2 aliphatic rings. The SMILES string of the molecule is COC1CCCN(CC2(C)CCCNC2)C1. The van der Waals surface area contributed by atoms with E-state index in [9.17, 15) is 0 Å². The number of nitrogens with zero attached hydrogens (tertiary/aromatic N) is 1. The monoisotopic (exact) mass is 226 g/mol. The molecule has 1 N–H and O–H groups in total. The van der Waals surface area contributed by atoms with Gasteiger partial charge in [-0.1, -0.05) is 6.92 Å². The minimum absolute atomic E-state index is 0.467. The lowest BCUT2D eigenvalue weighted by molar-refractivity contribution is 0.0127. The van der Waals surface area contributed by atoms with E-state index in [0.29, 0.717) is 11.5 Å².